The second-order valence-corrected chi connectivity index (χ2v) is 10.9. The van der Waals surface area contributed by atoms with Crippen LogP contribution < -0.4 is 14.4 Å². The molecule has 2 aromatic heterocycles. The van der Waals surface area contributed by atoms with Gasteiger partial charge in [0.15, 0.2) is 12.6 Å². The number of rotatable bonds is 6. The monoisotopic (exact) mass is 548 g/mol. The van der Waals surface area contributed by atoms with Crippen molar-refractivity contribution in [3.63, 3.8) is 0 Å². The lowest BCUT2D eigenvalue weighted by Crippen LogP contribution is -2.50. The number of aromatic nitrogens is 4. The van der Waals surface area contributed by atoms with E-state index in [0.29, 0.717) is 43.6 Å². The van der Waals surface area contributed by atoms with Crippen LogP contribution in [0.2, 0.25) is 0 Å². The maximum atomic E-state index is 12.5. The normalized spacial score (nSPS) is 14.2. The van der Waals surface area contributed by atoms with Crippen molar-refractivity contribution in [3.8, 4) is 23.0 Å². The van der Waals surface area contributed by atoms with Gasteiger partial charge in [0.25, 0.3) is 0 Å². The maximum Gasteiger partial charge on any atom is 0.410 e. The van der Waals surface area contributed by atoms with Crippen molar-refractivity contribution >= 4 is 33.6 Å². The second-order valence-electron chi connectivity index (χ2n) is 10.9. The van der Waals surface area contributed by atoms with E-state index in [1.54, 1.807) is 23.8 Å². The third-order valence-electron chi connectivity index (χ3n) is 6.79. The number of carbonyl (C=O) groups is 1. The zero-order valence-electron chi connectivity index (χ0n) is 24.1. The van der Waals surface area contributed by atoms with E-state index in [4.69, 9.17) is 28.9 Å². The Kier molecular flexibility index (Phi) is 7.41. The fourth-order valence-electron chi connectivity index (χ4n) is 4.94. The number of amides is 1. The maximum absolute atomic E-state index is 12.5. The van der Waals surface area contributed by atoms with Gasteiger partial charge in [-0.15, -0.1) is 0 Å². The molecule has 11 heteroatoms. The Balaban J connectivity index is 1.47. The van der Waals surface area contributed by atoms with Gasteiger partial charge in [-0.25, -0.2) is 9.78 Å². The van der Waals surface area contributed by atoms with E-state index in [1.807, 2.05) is 65.2 Å². The molecule has 5 rings (SSSR count). The molecule has 0 saturated carbocycles. The minimum absolute atomic E-state index is 0.0848. The van der Waals surface area contributed by atoms with Crippen molar-refractivity contribution in [2.24, 2.45) is 7.05 Å². The number of fused-ring (bicyclic) bond motifs is 2. The van der Waals surface area contributed by atoms with Crippen LogP contribution in [0.3, 0.4) is 0 Å². The summed E-state index contributed by atoms with van der Waals surface area (Å²) in [5.74, 6) is 1.58. The number of hydrogen-bond acceptors (Lipinski definition) is 9. The average Bonchev–Trinajstić information content (AvgIpc) is 3.31. The van der Waals surface area contributed by atoms with Crippen LogP contribution in [0.5, 0.6) is 11.6 Å². The zero-order valence-corrected chi connectivity index (χ0v) is 24.1. The molecule has 0 N–H and O–H groups in total. The summed E-state index contributed by atoms with van der Waals surface area (Å²) in [6.07, 6.45) is 1.68. The first-order chi connectivity index (χ1) is 19.1. The van der Waals surface area contributed by atoms with Crippen LogP contribution in [0.1, 0.15) is 26.3 Å². The van der Waals surface area contributed by atoms with E-state index in [9.17, 15) is 4.79 Å². The number of anilines is 1. The lowest BCUT2D eigenvalue weighted by atomic mass is 10.0. The fourth-order valence-corrected chi connectivity index (χ4v) is 4.94. The van der Waals surface area contributed by atoms with Crippen LogP contribution in [0.25, 0.3) is 33.2 Å². The predicted octanol–water partition coefficient (Wildman–Crippen LogP) is 4.54. The zero-order chi connectivity index (χ0) is 28.6. The molecule has 1 amide bonds. The summed E-state index contributed by atoms with van der Waals surface area (Å²) >= 11 is 0. The summed E-state index contributed by atoms with van der Waals surface area (Å²) in [6.45, 7) is 10.2. The van der Waals surface area contributed by atoms with Crippen LogP contribution in [0.15, 0.2) is 30.5 Å². The molecule has 2 aromatic carbocycles. The first-order valence-corrected chi connectivity index (χ1v) is 13.3. The Morgan fingerprint density at radius 1 is 1.05 bits per heavy atom. The van der Waals surface area contributed by atoms with Crippen molar-refractivity contribution in [3.05, 3.63) is 36.0 Å². The summed E-state index contributed by atoms with van der Waals surface area (Å²) in [4.78, 5) is 26.2. The molecule has 0 bridgehead atoms. The minimum Gasteiger partial charge on any atom is -0.480 e. The number of piperazine rings is 1. The van der Waals surface area contributed by atoms with Crippen molar-refractivity contribution in [2.45, 2.75) is 33.3 Å². The molecule has 1 aliphatic rings. The Hall–Kier alpha value is -4.12. The largest absolute Gasteiger partial charge is 0.480 e. The number of aryl methyl sites for hydroxylation is 2. The molecule has 212 valence electrons. The van der Waals surface area contributed by atoms with Crippen molar-refractivity contribution in [1.82, 2.24) is 24.6 Å². The standard InChI is InChI=1S/C29H36N6O5/c1-18-24-19(16-33(5)32-24)14-22(25(18)39-17-37-6)26-30-23-9-8-20(15-21(23)27(31-26)38-7)34-10-12-35(13-11-34)28(36)40-29(2,3)4/h8-9,14-16H,10-13,17H2,1-7H3. The number of ether oxygens (including phenoxy) is 4. The lowest BCUT2D eigenvalue weighted by Gasteiger charge is -2.36. The Labute approximate surface area is 233 Å². The lowest BCUT2D eigenvalue weighted by molar-refractivity contribution is 0.0240. The molecule has 1 saturated heterocycles. The van der Waals surface area contributed by atoms with E-state index >= 15 is 0 Å². The van der Waals surface area contributed by atoms with Gasteiger partial charge in [-0.05, 0) is 52.0 Å². The summed E-state index contributed by atoms with van der Waals surface area (Å²) in [5.41, 5.74) is 3.72. The Morgan fingerprint density at radius 3 is 2.48 bits per heavy atom. The van der Waals surface area contributed by atoms with Crippen LogP contribution >= 0.6 is 0 Å². The van der Waals surface area contributed by atoms with Gasteiger partial charge in [-0.2, -0.15) is 10.1 Å². The fraction of sp³-hybridized carbons (Fsp3) is 0.448. The third kappa shape index (κ3) is 5.46. The van der Waals surface area contributed by atoms with Gasteiger partial charge in [0, 0.05) is 63.2 Å². The highest BCUT2D eigenvalue weighted by Crippen LogP contribution is 2.38. The van der Waals surface area contributed by atoms with Gasteiger partial charge in [0.1, 0.15) is 11.4 Å². The molecule has 40 heavy (non-hydrogen) atoms. The van der Waals surface area contributed by atoms with E-state index in [-0.39, 0.29) is 12.9 Å². The van der Waals surface area contributed by atoms with Gasteiger partial charge in [0.2, 0.25) is 5.88 Å². The average molecular weight is 549 g/mol. The molecule has 1 fully saturated rings. The summed E-state index contributed by atoms with van der Waals surface area (Å²) in [7, 11) is 5.08. The van der Waals surface area contributed by atoms with Gasteiger partial charge in [-0.3, -0.25) is 4.68 Å². The molecule has 1 aliphatic heterocycles. The highest BCUT2D eigenvalue weighted by molar-refractivity contribution is 5.93. The summed E-state index contributed by atoms with van der Waals surface area (Å²) < 4.78 is 24.2. The molecule has 4 aromatic rings. The van der Waals surface area contributed by atoms with Crippen molar-refractivity contribution in [2.75, 3.05) is 52.1 Å². The molecule has 0 atom stereocenters. The summed E-state index contributed by atoms with van der Waals surface area (Å²) in [5, 5.41) is 6.34. The Bertz CT molecular complexity index is 1550. The minimum atomic E-state index is -0.513. The van der Waals surface area contributed by atoms with Crippen molar-refractivity contribution in [1.29, 1.82) is 0 Å². The Morgan fingerprint density at radius 2 is 1.80 bits per heavy atom. The van der Waals surface area contributed by atoms with Crippen LogP contribution in [0.4, 0.5) is 10.5 Å². The first-order valence-electron chi connectivity index (χ1n) is 13.3. The van der Waals surface area contributed by atoms with E-state index in [2.05, 4.69) is 10.00 Å². The molecule has 11 nitrogen and oxygen atoms in total. The number of carbonyl (C=O) groups excluding carboxylic acids is 1. The van der Waals surface area contributed by atoms with Gasteiger partial charge >= 0.3 is 6.09 Å². The highest BCUT2D eigenvalue weighted by atomic mass is 16.7. The number of hydrogen-bond donors (Lipinski definition) is 0. The summed E-state index contributed by atoms with van der Waals surface area (Å²) in [6, 6.07) is 8.04. The molecular formula is C29H36N6O5. The highest BCUT2D eigenvalue weighted by Gasteiger charge is 2.26. The smallest absolute Gasteiger partial charge is 0.410 e. The molecule has 0 radical (unpaired) electrons. The van der Waals surface area contributed by atoms with Crippen LogP contribution in [-0.2, 0) is 16.5 Å². The number of nitrogens with zero attached hydrogens (tertiary/aromatic N) is 6. The van der Waals surface area contributed by atoms with Crippen LogP contribution in [-0.4, -0.2) is 83.5 Å². The van der Waals surface area contributed by atoms with Gasteiger partial charge in [0.05, 0.1) is 29.1 Å². The molecular weight excluding hydrogens is 512 g/mol. The van der Waals surface area contributed by atoms with Crippen molar-refractivity contribution < 1.29 is 23.7 Å². The number of methoxy groups -OCH3 is 2. The van der Waals surface area contributed by atoms with Gasteiger partial charge < -0.3 is 28.7 Å². The van der Waals surface area contributed by atoms with Gasteiger partial charge in [-0.1, -0.05) is 0 Å². The third-order valence-corrected chi connectivity index (χ3v) is 6.79. The quantitative estimate of drug-likeness (QED) is 0.321. The molecule has 0 spiro atoms. The second kappa shape index (κ2) is 10.8. The first kappa shape index (κ1) is 27.4. The predicted molar refractivity (Wildman–Crippen MR) is 153 cm³/mol. The van der Waals surface area contributed by atoms with E-state index in [0.717, 1.165) is 38.6 Å². The molecule has 0 aliphatic carbocycles. The molecule has 3 heterocycles. The van der Waals surface area contributed by atoms with E-state index in [1.165, 1.54) is 0 Å². The number of benzene rings is 2. The van der Waals surface area contributed by atoms with Crippen LogP contribution in [0, 0.1) is 6.92 Å². The van der Waals surface area contributed by atoms with E-state index < -0.39 is 5.60 Å². The SMILES string of the molecule is COCOc1c(-c2nc(OC)c3cc(N4CCN(C(=O)OC(C)(C)C)CC4)ccc3n2)cc2cn(C)nc2c1C. The topological polar surface area (TPSA) is 104 Å². The molecule has 0 unspecified atom stereocenters.